The van der Waals surface area contributed by atoms with E-state index in [9.17, 15) is 5.11 Å². The van der Waals surface area contributed by atoms with E-state index in [4.69, 9.17) is 0 Å². The van der Waals surface area contributed by atoms with Gasteiger partial charge in [-0.25, -0.2) is 0 Å². The second-order valence-corrected chi connectivity index (χ2v) is 7.79. The maximum Gasteiger partial charge on any atom is 0.106 e. The van der Waals surface area contributed by atoms with Crippen LogP contribution < -0.4 is 0 Å². The van der Waals surface area contributed by atoms with Crippen molar-refractivity contribution in [2.75, 3.05) is 73.0 Å². The van der Waals surface area contributed by atoms with Gasteiger partial charge in [0.05, 0.1) is 46.8 Å². The van der Waals surface area contributed by atoms with E-state index in [1.165, 1.54) is 69.7 Å². The average Bonchev–Trinajstić information content (AvgIpc) is 2.40. The summed E-state index contributed by atoms with van der Waals surface area (Å²) in [7, 11) is 4.65. The minimum absolute atomic E-state index is 0.00694. The molecule has 6 fully saturated rings. The Morgan fingerprint density at radius 1 is 0.842 bits per heavy atom. The van der Waals surface area contributed by atoms with Crippen molar-refractivity contribution in [2.24, 2.45) is 5.92 Å². The third-order valence-electron chi connectivity index (χ3n) is 6.12. The molecular weight excluding hydrogens is 238 g/mol. The first-order chi connectivity index (χ1) is 8.98. The fourth-order valence-corrected chi connectivity index (χ4v) is 4.20. The van der Waals surface area contributed by atoms with Crippen molar-refractivity contribution in [2.45, 2.75) is 18.9 Å². The Balaban J connectivity index is 0.000000117. The Kier molecular flexibility index (Phi) is 3.63. The van der Waals surface area contributed by atoms with Crippen LogP contribution in [0.25, 0.3) is 0 Å². The number of rotatable bonds is 0. The lowest BCUT2D eigenvalue weighted by molar-refractivity contribution is -0.928. The van der Waals surface area contributed by atoms with Crippen LogP contribution in [0.3, 0.4) is 0 Å². The van der Waals surface area contributed by atoms with Crippen molar-refractivity contribution in [1.29, 1.82) is 0 Å². The summed E-state index contributed by atoms with van der Waals surface area (Å²) in [6.45, 7) is 11.8. The van der Waals surface area contributed by atoms with Crippen LogP contribution in [0.2, 0.25) is 0 Å². The number of likely N-dealkylation sites (N-methyl/N-ethyl adjacent to an activating group) is 2. The minimum atomic E-state index is 0.00694. The van der Waals surface area contributed by atoms with Gasteiger partial charge < -0.3 is 14.1 Å². The molecule has 0 aliphatic carbocycles. The van der Waals surface area contributed by atoms with Gasteiger partial charge in [0.25, 0.3) is 0 Å². The Labute approximate surface area is 117 Å². The first kappa shape index (κ1) is 13.8. The molecule has 0 saturated carbocycles. The summed E-state index contributed by atoms with van der Waals surface area (Å²) in [4.78, 5) is 2.57. The summed E-state index contributed by atoms with van der Waals surface area (Å²) >= 11 is 0. The minimum Gasteiger partial charge on any atom is -0.387 e. The molecule has 0 spiro atoms. The molecule has 6 aliphatic heterocycles. The third kappa shape index (κ3) is 2.97. The van der Waals surface area contributed by atoms with Crippen molar-refractivity contribution in [1.82, 2.24) is 4.90 Å². The average molecular weight is 269 g/mol. The van der Waals surface area contributed by atoms with Gasteiger partial charge in [-0.05, 0) is 0 Å². The lowest BCUT2D eigenvalue weighted by atomic mass is 9.84. The van der Waals surface area contributed by atoms with Gasteiger partial charge in [0.15, 0.2) is 0 Å². The monoisotopic (exact) mass is 269 g/mol. The molecule has 0 amide bonds. The molecule has 4 heteroatoms. The summed E-state index contributed by atoms with van der Waals surface area (Å²) in [5.41, 5.74) is 0. The first-order valence-electron chi connectivity index (χ1n) is 8.06. The molecule has 0 aromatic rings. The number of hydrogen-bond acceptors (Lipinski definition) is 2. The zero-order valence-corrected chi connectivity index (χ0v) is 12.7. The van der Waals surface area contributed by atoms with E-state index in [-0.39, 0.29) is 6.10 Å². The summed E-state index contributed by atoms with van der Waals surface area (Å²) in [5.74, 6) is 0.639. The van der Waals surface area contributed by atoms with Crippen molar-refractivity contribution < 1.29 is 14.1 Å². The van der Waals surface area contributed by atoms with Crippen LogP contribution in [0.4, 0.5) is 0 Å². The maximum atomic E-state index is 9.55. The molecule has 4 nitrogen and oxygen atoms in total. The largest absolute Gasteiger partial charge is 0.387 e. The van der Waals surface area contributed by atoms with Gasteiger partial charge in [-0.15, -0.1) is 0 Å². The topological polar surface area (TPSA) is 23.5 Å². The number of aliphatic hydroxyl groups is 1. The van der Waals surface area contributed by atoms with Crippen LogP contribution in [0.15, 0.2) is 0 Å². The molecule has 0 aromatic carbocycles. The van der Waals surface area contributed by atoms with E-state index in [0.29, 0.717) is 5.92 Å². The zero-order valence-electron chi connectivity index (χ0n) is 12.7. The fraction of sp³-hybridized carbons (Fsp3) is 1.00. The van der Waals surface area contributed by atoms with Crippen LogP contribution in [-0.4, -0.2) is 98.1 Å². The molecule has 19 heavy (non-hydrogen) atoms. The molecule has 6 rings (SSSR count). The van der Waals surface area contributed by atoms with E-state index in [1.54, 1.807) is 0 Å². The Morgan fingerprint density at radius 2 is 1.37 bits per heavy atom. The smallest absolute Gasteiger partial charge is 0.106 e. The molecule has 0 radical (unpaired) electrons. The van der Waals surface area contributed by atoms with Crippen LogP contribution >= 0.6 is 0 Å². The number of piperazine rings is 3. The van der Waals surface area contributed by atoms with Gasteiger partial charge in [-0.1, -0.05) is 0 Å². The first-order valence-corrected chi connectivity index (χ1v) is 8.06. The summed E-state index contributed by atoms with van der Waals surface area (Å²) in [6.07, 6.45) is 2.50. The number of nitrogens with zero attached hydrogens (tertiary/aromatic N) is 3. The molecule has 1 atom stereocenters. The molecule has 6 saturated heterocycles. The van der Waals surface area contributed by atoms with Crippen molar-refractivity contribution in [3.8, 4) is 0 Å². The second-order valence-electron chi connectivity index (χ2n) is 7.79. The van der Waals surface area contributed by atoms with Crippen LogP contribution in [-0.2, 0) is 0 Å². The van der Waals surface area contributed by atoms with E-state index < -0.39 is 0 Å². The zero-order chi connectivity index (χ0) is 13.5. The fourth-order valence-electron chi connectivity index (χ4n) is 4.20. The number of piperidine rings is 3. The molecular formula is C15H31N3O+2. The number of hydrogen-bond donors (Lipinski definition) is 1. The highest BCUT2D eigenvalue weighted by molar-refractivity contribution is 4.78. The third-order valence-corrected chi connectivity index (χ3v) is 6.12. The molecule has 1 N–H and O–H groups in total. The molecule has 110 valence electrons. The second kappa shape index (κ2) is 4.99. The van der Waals surface area contributed by atoms with E-state index in [0.717, 1.165) is 11.0 Å². The van der Waals surface area contributed by atoms with Crippen molar-refractivity contribution >= 4 is 0 Å². The molecule has 0 aromatic heterocycles. The van der Waals surface area contributed by atoms with Crippen LogP contribution in [0.5, 0.6) is 0 Å². The van der Waals surface area contributed by atoms with Crippen LogP contribution in [0, 0.1) is 5.92 Å². The molecule has 6 heterocycles. The van der Waals surface area contributed by atoms with Gasteiger partial charge in [0, 0.05) is 38.4 Å². The highest BCUT2D eigenvalue weighted by atomic mass is 16.3. The summed E-state index contributed by atoms with van der Waals surface area (Å²) < 4.78 is 2.47. The van der Waals surface area contributed by atoms with E-state index in [2.05, 4.69) is 19.0 Å². The van der Waals surface area contributed by atoms with Gasteiger partial charge in [0.1, 0.15) is 12.6 Å². The highest BCUT2D eigenvalue weighted by Crippen LogP contribution is 2.31. The Morgan fingerprint density at radius 3 is 1.63 bits per heavy atom. The number of quaternary nitrogens is 2. The predicted octanol–water partition coefficient (Wildman–Crippen LogP) is -0.0203. The SMILES string of the molecule is C[N+]12CCC(CC1)C(O)C2.C[N+]12CCN(CC1)CC2. The van der Waals surface area contributed by atoms with Gasteiger partial charge in [0.2, 0.25) is 0 Å². The van der Waals surface area contributed by atoms with Gasteiger partial charge >= 0.3 is 0 Å². The highest BCUT2D eigenvalue weighted by Gasteiger charge is 2.42. The van der Waals surface area contributed by atoms with Crippen LogP contribution in [0.1, 0.15) is 12.8 Å². The molecule has 1 unspecified atom stereocenters. The van der Waals surface area contributed by atoms with E-state index in [1.807, 2.05) is 0 Å². The Bertz CT molecular complexity index is 304. The quantitative estimate of drug-likeness (QED) is 0.625. The maximum absolute atomic E-state index is 9.55. The lowest BCUT2D eigenvalue weighted by Crippen LogP contribution is -2.65. The lowest BCUT2D eigenvalue weighted by Gasteiger charge is -2.48. The van der Waals surface area contributed by atoms with E-state index >= 15 is 0 Å². The summed E-state index contributed by atoms with van der Waals surface area (Å²) in [5, 5.41) is 9.55. The normalized spacial score (nSPS) is 51.6. The predicted molar refractivity (Wildman–Crippen MR) is 76.7 cm³/mol. The van der Waals surface area contributed by atoms with Gasteiger partial charge in [-0.3, -0.25) is 4.90 Å². The number of aliphatic hydroxyl groups excluding tert-OH is 1. The standard InChI is InChI=1S/C8H16NO.C7H15N2/c1-9-4-2-7(3-5-9)8(10)6-9;1-9-5-2-8(3-6-9)4-7-9/h7-8,10H,2-6H2,1H3;2-7H2,1H3/q2*+1. The van der Waals surface area contributed by atoms with Crippen molar-refractivity contribution in [3.05, 3.63) is 0 Å². The number of fused-ring (bicyclic) bond motifs is 6. The summed E-state index contributed by atoms with van der Waals surface area (Å²) in [6, 6.07) is 0. The Hall–Kier alpha value is -0.160. The van der Waals surface area contributed by atoms with Gasteiger partial charge in [-0.2, -0.15) is 0 Å². The molecule has 4 bridgehead atoms. The van der Waals surface area contributed by atoms with Crippen molar-refractivity contribution in [3.63, 3.8) is 0 Å². The molecule has 6 aliphatic rings.